The minimum absolute atomic E-state index is 0.106. The van der Waals surface area contributed by atoms with Crippen LogP contribution in [0.15, 0.2) is 48.5 Å². The number of imidazole rings is 1. The van der Waals surface area contributed by atoms with E-state index >= 15 is 0 Å². The second kappa shape index (κ2) is 18.2. The zero-order valence-electron chi connectivity index (χ0n) is 37.9. The number of methoxy groups -OCH3 is 1. The van der Waals surface area contributed by atoms with Crippen LogP contribution in [0.2, 0.25) is 0 Å². The van der Waals surface area contributed by atoms with Gasteiger partial charge in [-0.25, -0.2) is 14.6 Å². The Morgan fingerprint density at radius 2 is 1.65 bits per heavy atom. The molecule has 4 aromatic rings. The molecule has 5 fully saturated rings. The Hall–Kier alpha value is -5.62. The van der Waals surface area contributed by atoms with Crippen molar-refractivity contribution in [1.82, 2.24) is 34.9 Å². The maximum Gasteiger partial charge on any atom is 0.573 e. The van der Waals surface area contributed by atoms with E-state index < -0.39 is 30.3 Å². The monoisotopic (exact) mass is 916 g/mol. The van der Waals surface area contributed by atoms with E-state index in [1.54, 1.807) is 28.0 Å². The van der Waals surface area contributed by atoms with Crippen molar-refractivity contribution in [3.05, 3.63) is 54.4 Å². The fourth-order valence-corrected chi connectivity index (χ4v) is 10.6. The summed E-state index contributed by atoms with van der Waals surface area (Å²) in [5.74, 6) is 0.407. The molecule has 0 bridgehead atoms. The summed E-state index contributed by atoms with van der Waals surface area (Å²) in [6.45, 7) is 11.6. The molecule has 0 spiro atoms. The Morgan fingerprint density at radius 1 is 0.924 bits per heavy atom. The van der Waals surface area contributed by atoms with E-state index in [4.69, 9.17) is 14.5 Å². The number of rotatable bonds is 9. The molecular formula is C48H59F3N8O7. The lowest BCUT2D eigenvalue weighted by molar-refractivity contribution is -0.274. The lowest BCUT2D eigenvalue weighted by Crippen LogP contribution is -2.55. The van der Waals surface area contributed by atoms with E-state index in [1.165, 1.54) is 19.2 Å². The lowest BCUT2D eigenvalue weighted by Gasteiger charge is -2.42. The van der Waals surface area contributed by atoms with Crippen LogP contribution in [0.1, 0.15) is 71.2 Å². The van der Waals surface area contributed by atoms with Gasteiger partial charge in [0.25, 0.3) is 0 Å². The highest BCUT2D eigenvalue weighted by Crippen LogP contribution is 2.52. The number of nitrogens with zero attached hydrogens (tertiary/aromatic N) is 5. The number of H-pyrrole nitrogens is 1. The first kappa shape index (κ1) is 45.5. The number of urea groups is 1. The molecule has 4 aliphatic heterocycles. The molecule has 15 nitrogen and oxygen atoms in total. The van der Waals surface area contributed by atoms with Gasteiger partial charge in [0.05, 0.1) is 24.2 Å². The highest BCUT2D eigenvalue weighted by Gasteiger charge is 2.52. The van der Waals surface area contributed by atoms with Crippen LogP contribution in [0.5, 0.6) is 5.75 Å². The number of piperazine rings is 1. The number of nitrogens with one attached hydrogen (secondary N) is 3. The van der Waals surface area contributed by atoms with Gasteiger partial charge in [0.2, 0.25) is 11.8 Å². The number of halogens is 3. The number of fused-ring (bicyclic) bond motifs is 3. The van der Waals surface area contributed by atoms with E-state index in [0.717, 1.165) is 48.6 Å². The van der Waals surface area contributed by atoms with Crippen molar-refractivity contribution in [2.45, 2.75) is 83.8 Å². The molecule has 5 amide bonds. The predicted molar refractivity (Wildman–Crippen MR) is 240 cm³/mol. The van der Waals surface area contributed by atoms with E-state index in [0.29, 0.717) is 88.1 Å². The highest BCUT2D eigenvalue weighted by molar-refractivity contribution is 6.05. The Bertz CT molecular complexity index is 2470. The molecule has 1 aromatic heterocycles. The van der Waals surface area contributed by atoms with E-state index in [9.17, 15) is 32.3 Å². The molecule has 9 rings (SSSR count). The molecule has 4 atom stereocenters. The first-order chi connectivity index (χ1) is 31.5. The molecule has 1 aliphatic carbocycles. The summed E-state index contributed by atoms with van der Waals surface area (Å²) in [7, 11) is 1.27. The van der Waals surface area contributed by atoms with E-state index in [2.05, 4.69) is 46.0 Å². The number of carbonyl (C=O) groups is 4. The number of aromatic amines is 1. The summed E-state index contributed by atoms with van der Waals surface area (Å²) in [4.78, 5) is 69.3. The molecule has 0 unspecified atom stereocenters. The molecule has 66 heavy (non-hydrogen) atoms. The summed E-state index contributed by atoms with van der Waals surface area (Å²) < 4.78 is 56.7. The van der Waals surface area contributed by atoms with Crippen molar-refractivity contribution in [3.63, 3.8) is 0 Å². The molecule has 3 aromatic carbocycles. The molecule has 354 valence electrons. The zero-order chi connectivity index (χ0) is 46.5. The number of amides is 5. The van der Waals surface area contributed by atoms with Gasteiger partial charge in [-0.2, -0.15) is 0 Å². The van der Waals surface area contributed by atoms with Crippen molar-refractivity contribution < 1.29 is 46.6 Å². The standard InChI is InChI=1S/C48H59F3N8O7/c1-28-23-38(59(27-28)44(61)40(55-46(63)64-4)29-13-21-65-22-14-29)42-53-37-10-6-31-24-30(5-8-35(31)41(37)54-42)34-9-7-32(25-39(34)66-48(49,50)51)52-45(62)58-19-17-56(18-20-58)33-11-15-57(16-12-33)43(60)36-26-47(36,2)3/h5-10,24-25,28-29,33,36,38,40H,11-23,26-27H2,1-4H3,(H,52,62)(H,53,54)(H,55,63)/t28-,36+,38-,40-/m0/s1. The first-order valence-corrected chi connectivity index (χ1v) is 23.2. The predicted octanol–water partition coefficient (Wildman–Crippen LogP) is 7.53. The van der Waals surface area contributed by atoms with Crippen LogP contribution in [0, 0.1) is 23.2 Å². The fourth-order valence-electron chi connectivity index (χ4n) is 10.6. The summed E-state index contributed by atoms with van der Waals surface area (Å²) >= 11 is 0. The summed E-state index contributed by atoms with van der Waals surface area (Å²) in [6, 6.07) is 12.1. The summed E-state index contributed by atoms with van der Waals surface area (Å²) in [6.07, 6.45) is -1.02. The Morgan fingerprint density at radius 3 is 2.33 bits per heavy atom. The number of benzene rings is 3. The van der Waals surface area contributed by atoms with Crippen LogP contribution in [0.4, 0.5) is 28.4 Å². The van der Waals surface area contributed by atoms with Gasteiger partial charge in [-0.3, -0.25) is 14.5 Å². The molecule has 5 aliphatic rings. The minimum atomic E-state index is -4.99. The number of alkyl carbamates (subject to hydrolysis) is 1. The number of anilines is 1. The fraction of sp³-hybridized carbons (Fsp3) is 0.562. The Kier molecular flexibility index (Phi) is 12.6. The number of hydrogen-bond acceptors (Lipinski definition) is 9. The minimum Gasteiger partial charge on any atom is -0.453 e. The van der Waals surface area contributed by atoms with Crippen LogP contribution >= 0.6 is 0 Å². The third kappa shape index (κ3) is 9.62. The molecule has 18 heteroatoms. The Balaban J connectivity index is 0.880. The van der Waals surface area contributed by atoms with Gasteiger partial charge in [0, 0.05) is 93.7 Å². The van der Waals surface area contributed by atoms with Crippen molar-refractivity contribution in [3.8, 4) is 16.9 Å². The van der Waals surface area contributed by atoms with Crippen molar-refractivity contribution >= 4 is 51.4 Å². The molecular weight excluding hydrogens is 858 g/mol. The van der Waals surface area contributed by atoms with Crippen molar-refractivity contribution in [1.29, 1.82) is 0 Å². The molecule has 4 saturated heterocycles. The van der Waals surface area contributed by atoms with Gasteiger partial charge >= 0.3 is 18.5 Å². The van der Waals surface area contributed by atoms with Crippen molar-refractivity contribution in [2.24, 2.45) is 23.2 Å². The van der Waals surface area contributed by atoms with Gasteiger partial charge in [-0.05, 0) is 91.0 Å². The maximum atomic E-state index is 14.3. The molecule has 5 heterocycles. The Labute approximate surface area is 381 Å². The van der Waals surface area contributed by atoms with Gasteiger partial charge in [0.15, 0.2) is 0 Å². The summed E-state index contributed by atoms with van der Waals surface area (Å²) in [5, 5.41) is 7.06. The molecule has 3 N–H and O–H groups in total. The zero-order valence-corrected chi connectivity index (χ0v) is 37.9. The number of piperidine rings is 1. The van der Waals surface area contributed by atoms with Gasteiger partial charge in [-0.1, -0.05) is 39.0 Å². The number of hydrogen-bond donors (Lipinski definition) is 3. The lowest BCUT2D eigenvalue weighted by atomic mass is 9.90. The maximum absolute atomic E-state index is 14.3. The van der Waals surface area contributed by atoms with Crippen molar-refractivity contribution in [2.75, 3.05) is 71.5 Å². The third-order valence-electron chi connectivity index (χ3n) is 14.5. The number of aromatic nitrogens is 2. The molecule has 1 saturated carbocycles. The SMILES string of the molecule is COC(=O)N[C@H](C(=O)N1C[C@@H](C)C[C@H]1c1nc2c(ccc3cc(-c4ccc(NC(=O)N5CCN(C6CCN(C(=O)[C@H]7CC7(C)C)CC6)CC5)cc4OC(F)(F)F)ccc32)[nH]1)C1CCOCC1. The number of ether oxygens (including phenoxy) is 3. The largest absolute Gasteiger partial charge is 0.573 e. The average molecular weight is 917 g/mol. The summed E-state index contributed by atoms with van der Waals surface area (Å²) in [5.41, 5.74) is 2.31. The number of carbonyl (C=O) groups excluding carboxylic acids is 4. The van der Waals surface area contributed by atoms with Crippen LogP contribution in [0.25, 0.3) is 32.9 Å². The third-order valence-corrected chi connectivity index (χ3v) is 14.5. The first-order valence-electron chi connectivity index (χ1n) is 23.2. The second-order valence-corrected chi connectivity index (χ2v) is 19.4. The number of likely N-dealkylation sites (tertiary alicyclic amines) is 2. The van der Waals surface area contributed by atoms with Gasteiger partial charge in [0.1, 0.15) is 17.6 Å². The highest BCUT2D eigenvalue weighted by atomic mass is 19.4. The van der Waals surface area contributed by atoms with Crippen LogP contribution < -0.4 is 15.4 Å². The topological polar surface area (TPSA) is 162 Å². The van der Waals surface area contributed by atoms with Gasteiger partial charge < -0.3 is 44.5 Å². The molecule has 0 radical (unpaired) electrons. The van der Waals surface area contributed by atoms with Crippen LogP contribution in [-0.2, 0) is 19.1 Å². The van der Waals surface area contributed by atoms with Crippen LogP contribution in [0.3, 0.4) is 0 Å². The quantitative estimate of drug-likeness (QED) is 0.154. The van der Waals surface area contributed by atoms with Crippen LogP contribution in [-0.4, -0.2) is 138 Å². The smallest absolute Gasteiger partial charge is 0.453 e. The average Bonchev–Trinajstić information content (AvgIpc) is 3.56. The number of alkyl halides is 3. The normalized spacial score (nSPS) is 23.5. The van der Waals surface area contributed by atoms with E-state index in [1.807, 2.05) is 23.1 Å². The van der Waals surface area contributed by atoms with Gasteiger partial charge in [-0.15, -0.1) is 13.2 Å². The second-order valence-electron chi connectivity index (χ2n) is 19.4. The van der Waals surface area contributed by atoms with E-state index in [-0.39, 0.29) is 52.3 Å².